The van der Waals surface area contributed by atoms with Gasteiger partial charge in [-0.3, -0.25) is 9.59 Å². The van der Waals surface area contributed by atoms with Crippen LogP contribution in [0.5, 0.6) is 0 Å². The van der Waals surface area contributed by atoms with Crippen molar-refractivity contribution >= 4 is 11.8 Å². The van der Waals surface area contributed by atoms with Crippen LogP contribution in [0.4, 0.5) is 0 Å². The van der Waals surface area contributed by atoms with Crippen molar-refractivity contribution in [3.63, 3.8) is 0 Å². The maximum Gasteiger partial charge on any atom is 0.251 e. The Balaban J connectivity index is 2.00. The second kappa shape index (κ2) is 6.52. The Morgan fingerprint density at radius 2 is 1.70 bits per heavy atom. The fraction of sp³-hybridized carbons (Fsp3) is 0.467. The number of nitrogens with two attached hydrogens (primary N) is 1. The Labute approximate surface area is 118 Å². The molecule has 0 aliphatic heterocycles. The zero-order valence-corrected chi connectivity index (χ0v) is 11.7. The Bertz CT molecular complexity index is 494. The van der Waals surface area contributed by atoms with Gasteiger partial charge in [0.05, 0.1) is 0 Å². The van der Waals surface area contributed by atoms with E-state index in [1.165, 1.54) is 0 Å². The minimum Gasteiger partial charge on any atom is -0.355 e. The van der Waals surface area contributed by atoms with Crippen molar-refractivity contribution in [3.8, 4) is 0 Å². The van der Waals surface area contributed by atoms with Crippen LogP contribution in [-0.4, -0.2) is 30.9 Å². The highest BCUT2D eigenvalue weighted by Gasteiger charge is 2.20. The van der Waals surface area contributed by atoms with Gasteiger partial charge in [-0.25, -0.2) is 0 Å². The first kappa shape index (κ1) is 14.5. The fourth-order valence-electron chi connectivity index (χ4n) is 2.48. The number of carbonyl (C=O) groups excluding carboxylic acids is 2. The van der Waals surface area contributed by atoms with E-state index in [1.54, 1.807) is 31.3 Å². The van der Waals surface area contributed by atoms with Crippen molar-refractivity contribution in [1.29, 1.82) is 0 Å². The summed E-state index contributed by atoms with van der Waals surface area (Å²) in [6.45, 7) is 0. The van der Waals surface area contributed by atoms with E-state index in [2.05, 4.69) is 10.6 Å². The summed E-state index contributed by atoms with van der Waals surface area (Å²) in [6.07, 6.45) is 3.73. The van der Waals surface area contributed by atoms with Gasteiger partial charge in [0.15, 0.2) is 0 Å². The molecule has 0 aromatic heterocycles. The third-order valence-electron chi connectivity index (χ3n) is 3.72. The van der Waals surface area contributed by atoms with Gasteiger partial charge in [-0.1, -0.05) is 6.07 Å². The first-order valence-corrected chi connectivity index (χ1v) is 6.98. The van der Waals surface area contributed by atoms with Gasteiger partial charge >= 0.3 is 0 Å². The van der Waals surface area contributed by atoms with E-state index in [1.807, 2.05) is 0 Å². The average Bonchev–Trinajstić information content (AvgIpc) is 2.49. The summed E-state index contributed by atoms with van der Waals surface area (Å²) in [5, 5.41) is 5.56. The van der Waals surface area contributed by atoms with E-state index in [4.69, 9.17) is 5.73 Å². The first-order valence-electron chi connectivity index (χ1n) is 6.98. The van der Waals surface area contributed by atoms with Crippen molar-refractivity contribution < 1.29 is 9.59 Å². The summed E-state index contributed by atoms with van der Waals surface area (Å²) in [4.78, 5) is 23.7. The summed E-state index contributed by atoms with van der Waals surface area (Å²) in [7, 11) is 1.57. The molecule has 2 amide bonds. The second-order valence-corrected chi connectivity index (χ2v) is 5.25. The Morgan fingerprint density at radius 3 is 2.30 bits per heavy atom. The summed E-state index contributed by atoms with van der Waals surface area (Å²) in [6, 6.07) is 7.19. The predicted molar refractivity (Wildman–Crippen MR) is 77.5 cm³/mol. The SMILES string of the molecule is CNC(=O)c1cccc(C(=O)NC2CCC(N)CC2)c1. The predicted octanol–water partition coefficient (Wildman–Crippen LogP) is 1.05. The van der Waals surface area contributed by atoms with Crippen LogP contribution in [-0.2, 0) is 0 Å². The van der Waals surface area contributed by atoms with Crippen molar-refractivity contribution in [2.75, 3.05) is 7.05 Å². The van der Waals surface area contributed by atoms with Gasteiger partial charge in [-0.15, -0.1) is 0 Å². The summed E-state index contributed by atoms with van der Waals surface area (Å²) >= 11 is 0. The molecular formula is C15H21N3O2. The van der Waals surface area contributed by atoms with E-state index in [0.29, 0.717) is 11.1 Å². The number of rotatable bonds is 3. The number of carbonyl (C=O) groups is 2. The second-order valence-electron chi connectivity index (χ2n) is 5.25. The molecule has 1 aliphatic carbocycles. The van der Waals surface area contributed by atoms with Crippen LogP contribution < -0.4 is 16.4 Å². The smallest absolute Gasteiger partial charge is 0.251 e. The lowest BCUT2D eigenvalue weighted by Crippen LogP contribution is -2.40. The molecule has 4 N–H and O–H groups in total. The summed E-state index contributed by atoms with van der Waals surface area (Å²) in [5.41, 5.74) is 6.86. The zero-order valence-electron chi connectivity index (χ0n) is 11.7. The standard InChI is InChI=1S/C15H21N3O2/c1-17-14(19)10-3-2-4-11(9-10)15(20)18-13-7-5-12(16)6-8-13/h2-4,9,12-13H,5-8,16H2,1H3,(H,17,19)(H,18,20). The molecule has 1 aromatic carbocycles. The van der Waals surface area contributed by atoms with Gasteiger partial charge in [0.2, 0.25) is 0 Å². The molecule has 0 heterocycles. The average molecular weight is 275 g/mol. The van der Waals surface area contributed by atoms with Crippen LogP contribution in [0, 0.1) is 0 Å². The Hall–Kier alpha value is -1.88. The molecule has 5 nitrogen and oxygen atoms in total. The van der Waals surface area contributed by atoms with E-state index in [0.717, 1.165) is 25.7 Å². The van der Waals surface area contributed by atoms with Crippen LogP contribution >= 0.6 is 0 Å². The molecule has 0 bridgehead atoms. The van der Waals surface area contributed by atoms with Crippen molar-refractivity contribution in [2.45, 2.75) is 37.8 Å². The molecule has 0 radical (unpaired) electrons. The summed E-state index contributed by atoms with van der Waals surface area (Å²) in [5.74, 6) is -0.320. The Kier molecular flexibility index (Phi) is 4.74. The monoisotopic (exact) mass is 275 g/mol. The van der Waals surface area contributed by atoms with E-state index >= 15 is 0 Å². The third-order valence-corrected chi connectivity index (χ3v) is 3.72. The molecule has 0 spiro atoms. The molecule has 1 aromatic rings. The minimum atomic E-state index is -0.191. The van der Waals surface area contributed by atoms with Gasteiger partial charge in [-0.05, 0) is 43.9 Å². The lowest BCUT2D eigenvalue weighted by Gasteiger charge is -2.26. The number of nitrogens with one attached hydrogen (secondary N) is 2. The van der Waals surface area contributed by atoms with Crippen molar-refractivity contribution in [2.24, 2.45) is 5.73 Å². The highest BCUT2D eigenvalue weighted by atomic mass is 16.2. The van der Waals surface area contributed by atoms with Gasteiger partial charge < -0.3 is 16.4 Å². The summed E-state index contributed by atoms with van der Waals surface area (Å²) < 4.78 is 0. The minimum absolute atomic E-state index is 0.128. The van der Waals surface area contributed by atoms with Gasteiger partial charge in [0.1, 0.15) is 0 Å². The van der Waals surface area contributed by atoms with Gasteiger partial charge in [0, 0.05) is 30.3 Å². The number of hydrogen-bond donors (Lipinski definition) is 3. The maximum atomic E-state index is 12.2. The van der Waals surface area contributed by atoms with Crippen LogP contribution in [0.2, 0.25) is 0 Å². The normalized spacial score (nSPS) is 22.1. The lowest BCUT2D eigenvalue weighted by atomic mass is 9.91. The quantitative estimate of drug-likeness (QED) is 0.771. The van der Waals surface area contributed by atoms with E-state index in [-0.39, 0.29) is 23.9 Å². The molecule has 5 heteroatoms. The Morgan fingerprint density at radius 1 is 1.10 bits per heavy atom. The van der Waals surface area contributed by atoms with Crippen LogP contribution in [0.3, 0.4) is 0 Å². The van der Waals surface area contributed by atoms with Crippen LogP contribution in [0.15, 0.2) is 24.3 Å². The molecule has 2 rings (SSSR count). The highest BCUT2D eigenvalue weighted by molar-refractivity contribution is 5.99. The first-order chi connectivity index (χ1) is 9.60. The molecule has 0 atom stereocenters. The van der Waals surface area contributed by atoms with Crippen LogP contribution in [0.1, 0.15) is 46.4 Å². The molecule has 20 heavy (non-hydrogen) atoms. The van der Waals surface area contributed by atoms with E-state index in [9.17, 15) is 9.59 Å². The fourth-order valence-corrected chi connectivity index (χ4v) is 2.48. The van der Waals surface area contributed by atoms with Crippen molar-refractivity contribution in [1.82, 2.24) is 10.6 Å². The van der Waals surface area contributed by atoms with E-state index < -0.39 is 0 Å². The van der Waals surface area contributed by atoms with Gasteiger partial charge in [0.25, 0.3) is 11.8 Å². The maximum absolute atomic E-state index is 12.2. The molecular weight excluding hydrogens is 254 g/mol. The highest BCUT2D eigenvalue weighted by Crippen LogP contribution is 2.17. The third kappa shape index (κ3) is 3.57. The van der Waals surface area contributed by atoms with Crippen LogP contribution in [0.25, 0.3) is 0 Å². The molecule has 1 fully saturated rings. The van der Waals surface area contributed by atoms with Crippen molar-refractivity contribution in [3.05, 3.63) is 35.4 Å². The molecule has 1 saturated carbocycles. The topological polar surface area (TPSA) is 84.2 Å². The lowest BCUT2D eigenvalue weighted by molar-refractivity contribution is 0.0926. The van der Waals surface area contributed by atoms with Gasteiger partial charge in [-0.2, -0.15) is 0 Å². The number of amides is 2. The number of benzene rings is 1. The number of hydrogen-bond acceptors (Lipinski definition) is 3. The molecule has 0 saturated heterocycles. The zero-order chi connectivity index (χ0) is 14.5. The molecule has 108 valence electrons. The molecule has 1 aliphatic rings. The molecule has 0 unspecified atom stereocenters. The largest absolute Gasteiger partial charge is 0.355 e.